The molecule has 0 aliphatic heterocycles. The first-order valence-corrected chi connectivity index (χ1v) is 7.04. The van der Waals surface area contributed by atoms with Gasteiger partial charge in [0.2, 0.25) is 0 Å². The highest BCUT2D eigenvalue weighted by molar-refractivity contribution is 5.59. The van der Waals surface area contributed by atoms with Gasteiger partial charge in [0.15, 0.2) is 0 Å². The molecule has 0 aromatic heterocycles. The highest BCUT2D eigenvalue weighted by Crippen LogP contribution is 2.29. The molecule has 0 bridgehead atoms. The lowest BCUT2D eigenvalue weighted by Crippen LogP contribution is -2.17. The minimum atomic E-state index is -2.53. The van der Waals surface area contributed by atoms with Gasteiger partial charge in [-0.15, -0.1) is 0 Å². The third kappa shape index (κ3) is 4.45. The van der Waals surface area contributed by atoms with E-state index in [4.69, 9.17) is 5.73 Å². The van der Waals surface area contributed by atoms with Crippen molar-refractivity contribution in [2.45, 2.75) is 32.2 Å². The molecule has 4 heteroatoms. The molecular formula is C17H20F2N2. The van der Waals surface area contributed by atoms with Gasteiger partial charge in [0.05, 0.1) is 0 Å². The van der Waals surface area contributed by atoms with E-state index in [1.54, 1.807) is 12.1 Å². The zero-order valence-electron chi connectivity index (χ0n) is 12.0. The fraction of sp³-hybridized carbons (Fsp3) is 0.294. The van der Waals surface area contributed by atoms with Crippen LogP contribution in [0.4, 0.5) is 20.2 Å². The van der Waals surface area contributed by atoms with Crippen LogP contribution < -0.4 is 11.1 Å². The molecule has 0 aliphatic rings. The number of nitrogen functional groups attached to an aromatic ring is 1. The molecule has 0 radical (unpaired) electrons. The van der Waals surface area contributed by atoms with E-state index in [2.05, 4.69) is 17.4 Å². The van der Waals surface area contributed by atoms with Crippen molar-refractivity contribution in [3.8, 4) is 0 Å². The van der Waals surface area contributed by atoms with Crippen LogP contribution in [0.2, 0.25) is 0 Å². The summed E-state index contributed by atoms with van der Waals surface area (Å²) in [5, 5.41) is 3.15. The van der Waals surface area contributed by atoms with Crippen LogP contribution >= 0.6 is 0 Å². The van der Waals surface area contributed by atoms with Crippen molar-refractivity contribution in [2.24, 2.45) is 0 Å². The maximum atomic E-state index is 13.0. The zero-order chi connectivity index (χ0) is 15.2. The lowest BCUT2D eigenvalue weighted by molar-refractivity contribution is 0.152. The van der Waals surface area contributed by atoms with Crippen LogP contribution in [0.3, 0.4) is 0 Å². The first-order valence-electron chi connectivity index (χ1n) is 7.04. The topological polar surface area (TPSA) is 38.0 Å². The monoisotopic (exact) mass is 290 g/mol. The summed E-state index contributed by atoms with van der Waals surface area (Å²) in [6.45, 7) is 1.99. The van der Waals surface area contributed by atoms with E-state index < -0.39 is 6.43 Å². The van der Waals surface area contributed by atoms with E-state index in [0.29, 0.717) is 11.4 Å². The second kappa shape index (κ2) is 7.07. The fourth-order valence-corrected chi connectivity index (χ4v) is 2.26. The van der Waals surface area contributed by atoms with E-state index in [1.165, 1.54) is 11.6 Å². The molecule has 0 heterocycles. The van der Waals surface area contributed by atoms with Crippen molar-refractivity contribution >= 4 is 11.4 Å². The number of nitrogens with two attached hydrogens (primary N) is 1. The van der Waals surface area contributed by atoms with Crippen LogP contribution in [0.25, 0.3) is 0 Å². The third-order valence-electron chi connectivity index (χ3n) is 3.42. The molecule has 0 spiro atoms. The van der Waals surface area contributed by atoms with E-state index >= 15 is 0 Å². The number of rotatable bonds is 6. The molecule has 0 saturated heterocycles. The summed E-state index contributed by atoms with van der Waals surface area (Å²) in [5.41, 5.74) is 7.59. The molecule has 1 unspecified atom stereocenters. The Labute approximate surface area is 124 Å². The molecular weight excluding hydrogens is 270 g/mol. The molecule has 2 aromatic rings. The van der Waals surface area contributed by atoms with Gasteiger partial charge in [0.1, 0.15) is 0 Å². The lowest BCUT2D eigenvalue weighted by atomic mass is 10.1. The van der Waals surface area contributed by atoms with Crippen LogP contribution in [-0.2, 0) is 6.42 Å². The van der Waals surface area contributed by atoms with Gasteiger partial charge in [-0.3, -0.25) is 0 Å². The lowest BCUT2D eigenvalue weighted by Gasteiger charge is -2.18. The molecule has 21 heavy (non-hydrogen) atoms. The molecule has 3 N–H and O–H groups in total. The number of aryl methyl sites for hydroxylation is 1. The number of nitrogens with one attached hydrogen (secondary N) is 1. The predicted molar refractivity (Wildman–Crippen MR) is 83.7 cm³/mol. The quantitative estimate of drug-likeness (QED) is 0.761. The van der Waals surface area contributed by atoms with Gasteiger partial charge in [-0.05, 0) is 43.5 Å². The minimum Gasteiger partial charge on any atom is -0.399 e. The average Bonchev–Trinajstić information content (AvgIpc) is 2.48. The summed E-state index contributed by atoms with van der Waals surface area (Å²) in [6, 6.07) is 14.8. The van der Waals surface area contributed by atoms with Crippen molar-refractivity contribution in [2.75, 3.05) is 11.1 Å². The molecule has 2 rings (SSSR count). The van der Waals surface area contributed by atoms with E-state index in [0.717, 1.165) is 12.8 Å². The highest BCUT2D eigenvalue weighted by Gasteiger charge is 2.14. The van der Waals surface area contributed by atoms with Crippen molar-refractivity contribution in [1.82, 2.24) is 0 Å². The Balaban J connectivity index is 1.98. The van der Waals surface area contributed by atoms with Crippen LogP contribution in [-0.4, -0.2) is 6.04 Å². The van der Waals surface area contributed by atoms with Crippen molar-refractivity contribution < 1.29 is 8.78 Å². The summed E-state index contributed by atoms with van der Waals surface area (Å²) in [7, 11) is 0. The number of benzene rings is 2. The number of hydrogen-bond acceptors (Lipinski definition) is 2. The second-order valence-corrected chi connectivity index (χ2v) is 5.22. The van der Waals surface area contributed by atoms with Gasteiger partial charge in [-0.25, -0.2) is 8.78 Å². The first-order chi connectivity index (χ1) is 10.1. The standard InChI is InChI=1S/C17H20F2N2/c1-12(7-8-13-5-3-2-4-6-13)21-16-10-9-14(20)11-15(16)17(18)19/h2-6,9-12,17,21H,7-8,20H2,1H3. The smallest absolute Gasteiger partial charge is 0.265 e. The molecule has 112 valence electrons. The van der Waals surface area contributed by atoms with Crippen LogP contribution in [0.5, 0.6) is 0 Å². The Morgan fingerprint density at radius 3 is 2.48 bits per heavy atom. The van der Waals surface area contributed by atoms with E-state index in [-0.39, 0.29) is 11.6 Å². The number of hydrogen-bond donors (Lipinski definition) is 2. The van der Waals surface area contributed by atoms with Gasteiger partial charge in [0, 0.05) is 23.0 Å². The molecule has 0 fully saturated rings. The van der Waals surface area contributed by atoms with Crippen molar-refractivity contribution in [3.05, 3.63) is 59.7 Å². The summed E-state index contributed by atoms with van der Waals surface area (Å²) < 4.78 is 26.0. The van der Waals surface area contributed by atoms with Crippen LogP contribution in [0.15, 0.2) is 48.5 Å². The minimum absolute atomic E-state index is 0.0402. The number of halogens is 2. The van der Waals surface area contributed by atoms with Crippen LogP contribution in [0.1, 0.15) is 30.9 Å². The van der Waals surface area contributed by atoms with Crippen molar-refractivity contribution in [1.29, 1.82) is 0 Å². The summed E-state index contributed by atoms with van der Waals surface area (Å²) in [6.07, 6.45) is -0.747. The summed E-state index contributed by atoms with van der Waals surface area (Å²) in [5.74, 6) is 0. The largest absolute Gasteiger partial charge is 0.399 e. The molecule has 0 saturated carbocycles. The Kier molecular flexibility index (Phi) is 5.14. The fourth-order valence-electron chi connectivity index (χ4n) is 2.26. The first kappa shape index (κ1) is 15.3. The summed E-state index contributed by atoms with van der Waals surface area (Å²) in [4.78, 5) is 0. The van der Waals surface area contributed by atoms with Crippen LogP contribution in [0, 0.1) is 0 Å². The zero-order valence-corrected chi connectivity index (χ0v) is 12.0. The normalized spacial score (nSPS) is 12.4. The van der Waals surface area contributed by atoms with Gasteiger partial charge in [-0.2, -0.15) is 0 Å². The van der Waals surface area contributed by atoms with Crippen molar-refractivity contribution in [3.63, 3.8) is 0 Å². The average molecular weight is 290 g/mol. The van der Waals surface area contributed by atoms with E-state index in [1.807, 2.05) is 25.1 Å². The Hall–Kier alpha value is -2.10. The Morgan fingerprint density at radius 1 is 1.10 bits per heavy atom. The number of alkyl halides is 2. The van der Waals surface area contributed by atoms with Gasteiger partial charge < -0.3 is 11.1 Å². The maximum absolute atomic E-state index is 13.0. The maximum Gasteiger partial charge on any atom is 0.265 e. The summed E-state index contributed by atoms with van der Waals surface area (Å²) >= 11 is 0. The van der Waals surface area contributed by atoms with Gasteiger partial charge in [0.25, 0.3) is 6.43 Å². The molecule has 0 aliphatic carbocycles. The van der Waals surface area contributed by atoms with Gasteiger partial charge >= 0.3 is 0 Å². The Bertz CT molecular complexity index is 570. The predicted octanol–water partition coefficient (Wildman–Crippen LogP) is 4.64. The second-order valence-electron chi connectivity index (χ2n) is 5.22. The third-order valence-corrected chi connectivity index (χ3v) is 3.42. The number of anilines is 2. The molecule has 1 atom stereocenters. The Morgan fingerprint density at radius 2 is 1.81 bits per heavy atom. The molecule has 2 nitrogen and oxygen atoms in total. The highest BCUT2D eigenvalue weighted by atomic mass is 19.3. The van der Waals surface area contributed by atoms with Gasteiger partial charge in [-0.1, -0.05) is 30.3 Å². The molecule has 2 aromatic carbocycles. The molecule has 0 amide bonds. The van der Waals surface area contributed by atoms with E-state index in [9.17, 15) is 8.78 Å². The SMILES string of the molecule is CC(CCc1ccccc1)Nc1ccc(N)cc1C(F)F.